The molecular formula is C8H14N. The van der Waals surface area contributed by atoms with Crippen LogP contribution in [0.4, 0.5) is 0 Å². The molecule has 0 aromatic rings. The zero-order valence-corrected chi connectivity index (χ0v) is 5.90. The van der Waals surface area contributed by atoms with E-state index in [1.165, 1.54) is 45.2 Å². The fourth-order valence-electron chi connectivity index (χ4n) is 1.73. The normalized spacial score (nSPS) is 30.7. The molecule has 0 amide bonds. The summed E-state index contributed by atoms with van der Waals surface area (Å²) in [5, 5.41) is 0. The standard InChI is InChI=1S/C8H14N/c1-2-5-8(4-1)9-6-3-7-9/h1-7H2. The summed E-state index contributed by atoms with van der Waals surface area (Å²) in [4.78, 5) is 2.56. The SMILES string of the molecule is C1CC[C](N2CCC2)C1. The largest absolute Gasteiger partial charge is 0.296 e. The molecule has 0 atom stereocenters. The Morgan fingerprint density at radius 1 is 0.889 bits per heavy atom. The molecule has 51 valence electrons. The monoisotopic (exact) mass is 124 g/mol. The summed E-state index contributed by atoms with van der Waals surface area (Å²) in [5.74, 6) is 0. The van der Waals surface area contributed by atoms with Crippen LogP contribution in [0.2, 0.25) is 0 Å². The van der Waals surface area contributed by atoms with Crippen molar-refractivity contribution in [2.45, 2.75) is 32.1 Å². The third-order valence-corrected chi connectivity index (χ3v) is 2.48. The quantitative estimate of drug-likeness (QED) is 0.515. The van der Waals surface area contributed by atoms with Crippen molar-refractivity contribution in [2.24, 2.45) is 0 Å². The third-order valence-electron chi connectivity index (χ3n) is 2.48. The van der Waals surface area contributed by atoms with Crippen LogP contribution in [0.3, 0.4) is 0 Å². The fraction of sp³-hybridized carbons (Fsp3) is 0.875. The zero-order chi connectivity index (χ0) is 6.10. The second kappa shape index (κ2) is 2.30. The van der Waals surface area contributed by atoms with Crippen LogP contribution in [0.5, 0.6) is 0 Å². The summed E-state index contributed by atoms with van der Waals surface area (Å²) in [6.07, 6.45) is 7.14. The average molecular weight is 124 g/mol. The highest BCUT2D eigenvalue weighted by Gasteiger charge is 2.26. The maximum atomic E-state index is 2.56. The Hall–Kier alpha value is -0.0400. The molecule has 0 aromatic heterocycles. The van der Waals surface area contributed by atoms with Crippen molar-refractivity contribution >= 4 is 0 Å². The molecule has 1 aliphatic heterocycles. The van der Waals surface area contributed by atoms with Gasteiger partial charge in [-0.05, 0) is 32.4 Å². The van der Waals surface area contributed by atoms with E-state index in [4.69, 9.17) is 0 Å². The number of hydrogen-bond donors (Lipinski definition) is 0. The molecule has 0 N–H and O–H groups in total. The maximum absolute atomic E-state index is 2.56. The van der Waals surface area contributed by atoms with Crippen LogP contribution in [0, 0.1) is 6.04 Å². The van der Waals surface area contributed by atoms with Gasteiger partial charge >= 0.3 is 0 Å². The molecule has 2 fully saturated rings. The molecule has 0 bridgehead atoms. The summed E-state index contributed by atoms with van der Waals surface area (Å²) < 4.78 is 0. The van der Waals surface area contributed by atoms with E-state index in [2.05, 4.69) is 4.90 Å². The lowest BCUT2D eigenvalue weighted by Crippen LogP contribution is -2.39. The van der Waals surface area contributed by atoms with Crippen LogP contribution in [0.1, 0.15) is 32.1 Å². The predicted octanol–water partition coefficient (Wildman–Crippen LogP) is 1.80. The van der Waals surface area contributed by atoms with Crippen molar-refractivity contribution in [2.75, 3.05) is 13.1 Å². The summed E-state index contributed by atoms with van der Waals surface area (Å²) in [6, 6.07) is 1.75. The first-order valence-corrected chi connectivity index (χ1v) is 4.06. The molecule has 1 nitrogen and oxygen atoms in total. The van der Waals surface area contributed by atoms with Crippen LogP contribution < -0.4 is 0 Å². The van der Waals surface area contributed by atoms with Gasteiger partial charge in [-0.3, -0.25) is 4.90 Å². The number of hydrogen-bond acceptors (Lipinski definition) is 1. The van der Waals surface area contributed by atoms with E-state index in [1.807, 2.05) is 0 Å². The molecule has 1 aliphatic carbocycles. The van der Waals surface area contributed by atoms with Gasteiger partial charge in [-0.2, -0.15) is 0 Å². The third kappa shape index (κ3) is 0.983. The van der Waals surface area contributed by atoms with Crippen LogP contribution in [0.25, 0.3) is 0 Å². The predicted molar refractivity (Wildman–Crippen MR) is 37.9 cm³/mol. The van der Waals surface area contributed by atoms with Crippen LogP contribution in [-0.2, 0) is 0 Å². The molecule has 2 aliphatic rings. The van der Waals surface area contributed by atoms with Crippen LogP contribution in [-0.4, -0.2) is 18.0 Å². The van der Waals surface area contributed by atoms with E-state index in [-0.39, 0.29) is 0 Å². The van der Waals surface area contributed by atoms with Gasteiger partial charge in [0.1, 0.15) is 0 Å². The van der Waals surface area contributed by atoms with Gasteiger partial charge in [0.25, 0.3) is 0 Å². The first-order chi connectivity index (χ1) is 4.47. The van der Waals surface area contributed by atoms with Gasteiger partial charge < -0.3 is 0 Å². The minimum absolute atomic E-state index is 1.36. The molecule has 0 aromatic carbocycles. The van der Waals surface area contributed by atoms with E-state index in [1.54, 1.807) is 6.04 Å². The van der Waals surface area contributed by atoms with E-state index >= 15 is 0 Å². The smallest absolute Gasteiger partial charge is 0.0393 e. The average Bonchev–Trinajstić information content (AvgIpc) is 2.11. The first kappa shape index (κ1) is 5.72. The summed E-state index contributed by atoms with van der Waals surface area (Å²) >= 11 is 0. The van der Waals surface area contributed by atoms with E-state index in [9.17, 15) is 0 Å². The highest BCUT2D eigenvalue weighted by atomic mass is 15.2. The topological polar surface area (TPSA) is 3.24 Å². The van der Waals surface area contributed by atoms with Gasteiger partial charge in [-0.25, -0.2) is 0 Å². The molecule has 9 heavy (non-hydrogen) atoms. The molecule has 1 saturated heterocycles. The summed E-state index contributed by atoms with van der Waals surface area (Å²) in [5.41, 5.74) is 0. The Morgan fingerprint density at radius 2 is 1.56 bits per heavy atom. The highest BCUT2D eigenvalue weighted by molar-refractivity contribution is 4.97. The first-order valence-electron chi connectivity index (χ1n) is 4.06. The van der Waals surface area contributed by atoms with Gasteiger partial charge in [0.15, 0.2) is 0 Å². The summed E-state index contributed by atoms with van der Waals surface area (Å²) in [6.45, 7) is 2.71. The molecule has 1 saturated carbocycles. The highest BCUT2D eigenvalue weighted by Crippen LogP contribution is 2.32. The van der Waals surface area contributed by atoms with Crippen molar-refractivity contribution in [3.8, 4) is 0 Å². The number of nitrogens with zero attached hydrogens (tertiary/aromatic N) is 1. The second-order valence-electron chi connectivity index (χ2n) is 3.11. The minimum Gasteiger partial charge on any atom is -0.296 e. The van der Waals surface area contributed by atoms with Crippen molar-refractivity contribution in [3.05, 3.63) is 6.04 Å². The van der Waals surface area contributed by atoms with Gasteiger partial charge in [-0.15, -0.1) is 0 Å². The Balaban J connectivity index is 1.82. The lowest BCUT2D eigenvalue weighted by Gasteiger charge is -2.35. The minimum atomic E-state index is 1.36. The molecule has 1 radical (unpaired) electrons. The molecular weight excluding hydrogens is 110 g/mol. The Kier molecular flexibility index (Phi) is 1.46. The van der Waals surface area contributed by atoms with Crippen molar-refractivity contribution < 1.29 is 0 Å². The number of likely N-dealkylation sites (tertiary alicyclic amines) is 1. The van der Waals surface area contributed by atoms with Gasteiger partial charge in [-0.1, -0.05) is 12.8 Å². The molecule has 1 heteroatoms. The van der Waals surface area contributed by atoms with E-state index in [0.717, 1.165) is 0 Å². The molecule has 1 heterocycles. The lowest BCUT2D eigenvalue weighted by atomic mass is 10.1. The fourth-order valence-corrected chi connectivity index (χ4v) is 1.73. The Bertz CT molecular complexity index is 90.7. The van der Waals surface area contributed by atoms with Crippen LogP contribution >= 0.6 is 0 Å². The Morgan fingerprint density at radius 3 is 2.00 bits per heavy atom. The zero-order valence-electron chi connectivity index (χ0n) is 5.90. The Labute approximate surface area is 57.0 Å². The van der Waals surface area contributed by atoms with Crippen molar-refractivity contribution in [3.63, 3.8) is 0 Å². The van der Waals surface area contributed by atoms with Gasteiger partial charge in [0, 0.05) is 6.04 Å². The van der Waals surface area contributed by atoms with Gasteiger partial charge in [0.2, 0.25) is 0 Å². The maximum Gasteiger partial charge on any atom is 0.0393 e. The number of rotatable bonds is 1. The van der Waals surface area contributed by atoms with E-state index in [0.29, 0.717) is 0 Å². The van der Waals surface area contributed by atoms with E-state index < -0.39 is 0 Å². The second-order valence-corrected chi connectivity index (χ2v) is 3.11. The van der Waals surface area contributed by atoms with Crippen molar-refractivity contribution in [1.82, 2.24) is 4.90 Å². The van der Waals surface area contributed by atoms with Crippen molar-refractivity contribution in [1.29, 1.82) is 0 Å². The molecule has 2 rings (SSSR count). The molecule has 0 unspecified atom stereocenters. The summed E-state index contributed by atoms with van der Waals surface area (Å²) in [7, 11) is 0. The van der Waals surface area contributed by atoms with Crippen LogP contribution in [0.15, 0.2) is 0 Å². The molecule has 0 spiro atoms. The lowest BCUT2D eigenvalue weighted by molar-refractivity contribution is 0.185. The van der Waals surface area contributed by atoms with Gasteiger partial charge in [0.05, 0.1) is 0 Å².